The highest BCUT2D eigenvalue weighted by Gasteiger charge is 2.45. The third kappa shape index (κ3) is 3.59. The third-order valence-corrected chi connectivity index (χ3v) is 7.66. The first kappa shape index (κ1) is 19.1. The molecule has 3 aliphatic rings. The zero-order chi connectivity index (χ0) is 19.4. The highest BCUT2D eigenvalue weighted by molar-refractivity contribution is 7.89. The average Bonchev–Trinajstić information content (AvgIpc) is 3.08. The first-order valence-electron chi connectivity index (χ1n) is 8.99. The zero-order valence-corrected chi connectivity index (χ0v) is 15.8. The highest BCUT2D eigenvalue weighted by Crippen LogP contribution is 2.36. The maximum atomic E-state index is 12.9. The van der Waals surface area contributed by atoms with E-state index in [9.17, 15) is 21.6 Å². The Morgan fingerprint density at radius 1 is 1.15 bits per heavy atom. The highest BCUT2D eigenvalue weighted by atomic mass is 32.2. The Labute approximate surface area is 156 Å². The molecule has 3 saturated heterocycles. The van der Waals surface area contributed by atoms with Crippen LogP contribution in [0.3, 0.4) is 0 Å². The van der Waals surface area contributed by atoms with Crippen LogP contribution in [-0.2, 0) is 20.9 Å². The second-order valence-corrected chi connectivity index (χ2v) is 9.65. The van der Waals surface area contributed by atoms with Gasteiger partial charge in [-0.05, 0) is 30.9 Å². The summed E-state index contributed by atoms with van der Waals surface area (Å²) in [6, 6.07) is 1.76. The largest absolute Gasteiger partial charge is 0.433 e. The van der Waals surface area contributed by atoms with Gasteiger partial charge in [0.15, 0.2) is 0 Å². The SMILES string of the molecule is Cc1nc(C(F)(F)F)ccc1S(=O)(=O)N1C[C@H]2CN(CC3COC3)C[C@@H]2C1. The van der Waals surface area contributed by atoms with Crippen molar-refractivity contribution in [2.24, 2.45) is 17.8 Å². The predicted octanol–water partition coefficient (Wildman–Crippen LogP) is 1.61. The van der Waals surface area contributed by atoms with E-state index >= 15 is 0 Å². The molecule has 150 valence electrons. The van der Waals surface area contributed by atoms with E-state index in [1.807, 2.05) is 0 Å². The van der Waals surface area contributed by atoms with Gasteiger partial charge in [0.25, 0.3) is 0 Å². The van der Waals surface area contributed by atoms with Crippen LogP contribution in [0.5, 0.6) is 0 Å². The number of sulfonamides is 1. The number of halogens is 3. The Kier molecular flexibility index (Phi) is 4.73. The Bertz CT molecular complexity index is 812. The van der Waals surface area contributed by atoms with Gasteiger partial charge >= 0.3 is 6.18 Å². The maximum Gasteiger partial charge on any atom is 0.433 e. The number of rotatable bonds is 4. The standard InChI is InChI=1S/C17H22F3N3O3S/c1-11-15(2-3-16(21-11)17(18,19)20)27(24,25)23-7-13-5-22(6-14(13)8-23)4-12-9-26-10-12/h2-3,12-14H,4-10H2,1H3/t13-,14-/m1/s1. The van der Waals surface area contributed by atoms with Crippen LogP contribution in [-0.4, -0.2) is 68.5 Å². The molecule has 0 unspecified atom stereocenters. The number of nitrogens with zero attached hydrogens (tertiary/aromatic N) is 3. The molecule has 1 aromatic heterocycles. The number of aryl methyl sites for hydroxylation is 1. The molecule has 0 amide bonds. The minimum absolute atomic E-state index is 0.117. The molecule has 0 aliphatic carbocycles. The van der Waals surface area contributed by atoms with Gasteiger partial charge < -0.3 is 9.64 Å². The molecule has 0 radical (unpaired) electrons. The molecule has 0 N–H and O–H groups in total. The Balaban J connectivity index is 1.45. The van der Waals surface area contributed by atoms with Gasteiger partial charge in [-0.2, -0.15) is 17.5 Å². The summed E-state index contributed by atoms with van der Waals surface area (Å²) < 4.78 is 70.8. The first-order valence-corrected chi connectivity index (χ1v) is 10.4. The number of aromatic nitrogens is 1. The van der Waals surface area contributed by atoms with Crippen LogP contribution in [0.1, 0.15) is 11.4 Å². The number of ether oxygens (including phenoxy) is 1. The summed E-state index contributed by atoms with van der Waals surface area (Å²) in [7, 11) is -3.84. The fourth-order valence-corrected chi connectivity index (χ4v) is 5.98. The molecule has 0 saturated carbocycles. The summed E-state index contributed by atoms with van der Waals surface area (Å²) >= 11 is 0. The quantitative estimate of drug-likeness (QED) is 0.762. The molecule has 0 aromatic carbocycles. The Morgan fingerprint density at radius 2 is 1.78 bits per heavy atom. The van der Waals surface area contributed by atoms with E-state index in [0.29, 0.717) is 19.0 Å². The summed E-state index contributed by atoms with van der Waals surface area (Å²) in [6.07, 6.45) is -4.59. The van der Waals surface area contributed by atoms with Crippen molar-refractivity contribution in [2.75, 3.05) is 45.9 Å². The number of likely N-dealkylation sites (tertiary alicyclic amines) is 1. The van der Waals surface area contributed by atoms with Crippen molar-refractivity contribution in [3.05, 3.63) is 23.5 Å². The van der Waals surface area contributed by atoms with Crippen LogP contribution in [0.2, 0.25) is 0 Å². The van der Waals surface area contributed by atoms with Crippen LogP contribution >= 0.6 is 0 Å². The van der Waals surface area contributed by atoms with E-state index < -0.39 is 21.9 Å². The van der Waals surface area contributed by atoms with Crippen molar-refractivity contribution in [2.45, 2.75) is 18.0 Å². The molecule has 4 rings (SSSR count). The van der Waals surface area contributed by atoms with Crippen LogP contribution in [0.15, 0.2) is 17.0 Å². The molecule has 4 heterocycles. The van der Waals surface area contributed by atoms with Crippen LogP contribution in [0.4, 0.5) is 13.2 Å². The molecule has 2 atom stereocenters. The maximum absolute atomic E-state index is 12.9. The third-order valence-electron chi connectivity index (χ3n) is 5.70. The van der Waals surface area contributed by atoms with Crippen molar-refractivity contribution in [1.82, 2.24) is 14.2 Å². The molecule has 1 aromatic rings. The molecule has 0 spiro atoms. The van der Waals surface area contributed by atoms with E-state index in [-0.39, 0.29) is 22.4 Å². The number of hydrogen-bond acceptors (Lipinski definition) is 5. The predicted molar refractivity (Wildman–Crippen MR) is 90.5 cm³/mol. The summed E-state index contributed by atoms with van der Waals surface area (Å²) in [5.41, 5.74) is -1.19. The van der Waals surface area contributed by atoms with Gasteiger partial charge in [-0.3, -0.25) is 0 Å². The van der Waals surface area contributed by atoms with Crippen molar-refractivity contribution < 1.29 is 26.3 Å². The molecule has 10 heteroatoms. The van der Waals surface area contributed by atoms with E-state index in [2.05, 4.69) is 9.88 Å². The normalized spacial score (nSPS) is 27.7. The van der Waals surface area contributed by atoms with Crippen molar-refractivity contribution in [3.8, 4) is 0 Å². The van der Waals surface area contributed by atoms with Crippen LogP contribution in [0, 0.1) is 24.7 Å². The summed E-state index contributed by atoms with van der Waals surface area (Å²) in [6.45, 7) is 6.42. The lowest BCUT2D eigenvalue weighted by Gasteiger charge is -2.31. The lowest BCUT2D eigenvalue weighted by Crippen LogP contribution is -2.40. The number of fused-ring (bicyclic) bond motifs is 1. The van der Waals surface area contributed by atoms with Gasteiger partial charge in [0, 0.05) is 38.6 Å². The number of pyridine rings is 1. The molecule has 27 heavy (non-hydrogen) atoms. The first-order chi connectivity index (χ1) is 12.6. The van der Waals surface area contributed by atoms with Gasteiger partial charge in [0.2, 0.25) is 10.0 Å². The van der Waals surface area contributed by atoms with Crippen molar-refractivity contribution in [1.29, 1.82) is 0 Å². The minimum atomic E-state index is -4.59. The van der Waals surface area contributed by atoms with E-state index in [0.717, 1.165) is 45.0 Å². The number of hydrogen-bond donors (Lipinski definition) is 0. The Morgan fingerprint density at radius 3 is 2.26 bits per heavy atom. The molecule has 3 aliphatic heterocycles. The molecule has 6 nitrogen and oxygen atoms in total. The Hall–Kier alpha value is -1.23. The van der Waals surface area contributed by atoms with E-state index in [1.165, 1.54) is 11.2 Å². The summed E-state index contributed by atoms with van der Waals surface area (Å²) in [5, 5.41) is 0. The lowest BCUT2D eigenvalue weighted by atomic mass is 10.0. The molecular formula is C17H22F3N3O3S. The van der Waals surface area contributed by atoms with Crippen LogP contribution < -0.4 is 0 Å². The van der Waals surface area contributed by atoms with Gasteiger partial charge in [-0.25, -0.2) is 13.4 Å². The van der Waals surface area contributed by atoms with Gasteiger partial charge in [-0.1, -0.05) is 0 Å². The molecular weight excluding hydrogens is 383 g/mol. The fraction of sp³-hybridized carbons (Fsp3) is 0.706. The van der Waals surface area contributed by atoms with E-state index in [1.54, 1.807) is 0 Å². The number of alkyl halides is 3. The second-order valence-electron chi connectivity index (χ2n) is 7.74. The summed E-state index contributed by atoms with van der Waals surface area (Å²) in [5.74, 6) is 1.11. The van der Waals surface area contributed by atoms with Crippen molar-refractivity contribution in [3.63, 3.8) is 0 Å². The van der Waals surface area contributed by atoms with Gasteiger partial charge in [0.05, 0.1) is 18.9 Å². The topological polar surface area (TPSA) is 62.7 Å². The smallest absolute Gasteiger partial charge is 0.381 e. The summed E-state index contributed by atoms with van der Waals surface area (Å²) in [4.78, 5) is 5.70. The molecule has 3 fully saturated rings. The lowest BCUT2D eigenvalue weighted by molar-refractivity contribution is -0.141. The van der Waals surface area contributed by atoms with Gasteiger partial charge in [-0.15, -0.1) is 0 Å². The van der Waals surface area contributed by atoms with E-state index in [4.69, 9.17) is 4.74 Å². The second kappa shape index (κ2) is 6.68. The molecule has 0 bridgehead atoms. The van der Waals surface area contributed by atoms with Gasteiger partial charge in [0.1, 0.15) is 10.6 Å². The minimum Gasteiger partial charge on any atom is -0.381 e. The average molecular weight is 405 g/mol. The van der Waals surface area contributed by atoms with Crippen LogP contribution in [0.25, 0.3) is 0 Å². The van der Waals surface area contributed by atoms with Crippen molar-refractivity contribution >= 4 is 10.0 Å². The monoisotopic (exact) mass is 405 g/mol. The zero-order valence-electron chi connectivity index (χ0n) is 14.9. The fourth-order valence-electron chi connectivity index (χ4n) is 4.27.